The zero-order valence-electron chi connectivity index (χ0n) is 15.2. The Morgan fingerprint density at radius 3 is 2.33 bits per heavy atom. The van der Waals surface area contributed by atoms with Crippen LogP contribution in [-0.2, 0) is 14.3 Å². The number of ether oxygens (including phenoxy) is 1. The summed E-state index contributed by atoms with van der Waals surface area (Å²) in [4.78, 5) is 53.0. The first-order valence-electron chi connectivity index (χ1n) is 9.37. The predicted octanol–water partition coefficient (Wildman–Crippen LogP) is 1.62. The molecule has 0 radical (unpaired) electrons. The number of carbonyl (C=O) groups is 4. The predicted molar refractivity (Wildman–Crippen MR) is 94.8 cm³/mol. The van der Waals surface area contributed by atoms with Crippen molar-refractivity contribution in [1.82, 2.24) is 9.80 Å². The van der Waals surface area contributed by atoms with Crippen molar-refractivity contribution in [2.45, 2.75) is 44.2 Å². The molecule has 2 aliphatic heterocycles. The molecule has 2 fully saturated rings. The fourth-order valence-electron chi connectivity index (χ4n) is 4.76. The highest BCUT2D eigenvalue weighted by molar-refractivity contribution is 6.22. The SMILES string of the molecule is COC(=O)C1CC2CCCCC2N1C(=O)CN1C(=O)c2ccccc2C1=O. The normalized spacial score (nSPS) is 26.8. The van der Waals surface area contributed by atoms with E-state index < -0.39 is 23.8 Å². The number of benzene rings is 1. The van der Waals surface area contributed by atoms with Gasteiger partial charge in [0.15, 0.2) is 0 Å². The molecule has 27 heavy (non-hydrogen) atoms. The molecule has 7 nitrogen and oxygen atoms in total. The lowest BCUT2D eigenvalue weighted by Gasteiger charge is -2.34. The molecule has 0 spiro atoms. The molecule has 1 aromatic rings. The van der Waals surface area contributed by atoms with Crippen molar-refractivity contribution in [3.8, 4) is 0 Å². The van der Waals surface area contributed by atoms with E-state index in [2.05, 4.69) is 0 Å². The van der Waals surface area contributed by atoms with E-state index in [0.717, 1.165) is 30.6 Å². The zero-order chi connectivity index (χ0) is 19.1. The van der Waals surface area contributed by atoms with Crippen LogP contribution < -0.4 is 0 Å². The molecule has 1 aliphatic carbocycles. The number of amides is 3. The van der Waals surface area contributed by atoms with E-state index in [9.17, 15) is 19.2 Å². The molecule has 142 valence electrons. The smallest absolute Gasteiger partial charge is 0.328 e. The van der Waals surface area contributed by atoms with Gasteiger partial charge in [-0.05, 0) is 37.3 Å². The van der Waals surface area contributed by atoms with Crippen molar-refractivity contribution in [3.63, 3.8) is 0 Å². The van der Waals surface area contributed by atoms with Gasteiger partial charge in [-0.1, -0.05) is 25.0 Å². The summed E-state index contributed by atoms with van der Waals surface area (Å²) < 4.78 is 4.90. The molecule has 0 bridgehead atoms. The molecule has 2 heterocycles. The van der Waals surface area contributed by atoms with E-state index in [-0.39, 0.29) is 24.4 Å². The second kappa shape index (κ2) is 6.79. The Morgan fingerprint density at radius 1 is 1.07 bits per heavy atom. The third-order valence-electron chi connectivity index (χ3n) is 6.02. The van der Waals surface area contributed by atoms with Crippen molar-refractivity contribution in [2.75, 3.05) is 13.7 Å². The molecule has 3 aliphatic rings. The van der Waals surface area contributed by atoms with Crippen molar-refractivity contribution < 1.29 is 23.9 Å². The van der Waals surface area contributed by atoms with E-state index in [1.807, 2.05) is 0 Å². The Morgan fingerprint density at radius 2 is 1.70 bits per heavy atom. The highest BCUT2D eigenvalue weighted by Crippen LogP contribution is 2.40. The number of methoxy groups -OCH3 is 1. The van der Waals surface area contributed by atoms with Crippen molar-refractivity contribution in [1.29, 1.82) is 0 Å². The van der Waals surface area contributed by atoms with Gasteiger partial charge in [-0.15, -0.1) is 0 Å². The third-order valence-corrected chi connectivity index (χ3v) is 6.02. The molecule has 1 saturated carbocycles. The monoisotopic (exact) mass is 370 g/mol. The van der Waals surface area contributed by atoms with Crippen molar-refractivity contribution >= 4 is 23.7 Å². The molecule has 7 heteroatoms. The lowest BCUT2D eigenvalue weighted by molar-refractivity contribution is -0.152. The van der Waals surface area contributed by atoms with Crippen molar-refractivity contribution in [2.24, 2.45) is 5.92 Å². The highest BCUT2D eigenvalue weighted by Gasteiger charge is 2.49. The van der Waals surface area contributed by atoms with E-state index >= 15 is 0 Å². The number of rotatable bonds is 3. The Hall–Kier alpha value is -2.70. The number of esters is 1. The van der Waals surface area contributed by atoms with E-state index in [1.54, 1.807) is 29.2 Å². The van der Waals surface area contributed by atoms with Crippen LogP contribution in [0, 0.1) is 5.92 Å². The highest BCUT2D eigenvalue weighted by atomic mass is 16.5. The van der Waals surface area contributed by atoms with Gasteiger partial charge in [0.1, 0.15) is 12.6 Å². The maximum Gasteiger partial charge on any atom is 0.328 e. The van der Waals surface area contributed by atoms with Crippen LogP contribution in [0.25, 0.3) is 0 Å². The van der Waals surface area contributed by atoms with Crippen molar-refractivity contribution in [3.05, 3.63) is 35.4 Å². The summed E-state index contributed by atoms with van der Waals surface area (Å²) in [5.41, 5.74) is 0.633. The lowest BCUT2D eigenvalue weighted by Crippen LogP contribution is -2.51. The first-order valence-corrected chi connectivity index (χ1v) is 9.37. The van der Waals surface area contributed by atoms with Gasteiger partial charge in [0.25, 0.3) is 11.8 Å². The van der Waals surface area contributed by atoms with Gasteiger partial charge in [-0.2, -0.15) is 0 Å². The molecule has 0 aromatic heterocycles. The van der Waals surface area contributed by atoms with E-state index in [1.165, 1.54) is 7.11 Å². The molecule has 3 amide bonds. The number of hydrogen-bond acceptors (Lipinski definition) is 5. The first kappa shape index (κ1) is 17.7. The molecular formula is C20H22N2O5. The van der Waals surface area contributed by atoms with E-state index in [0.29, 0.717) is 17.5 Å². The summed E-state index contributed by atoms with van der Waals surface area (Å²) in [6.45, 7) is -0.344. The van der Waals surface area contributed by atoms with Gasteiger partial charge in [0, 0.05) is 6.04 Å². The Balaban J connectivity index is 1.57. The van der Waals surface area contributed by atoms with Crippen LogP contribution in [0.15, 0.2) is 24.3 Å². The molecule has 3 atom stereocenters. The van der Waals surface area contributed by atoms with Gasteiger partial charge in [-0.3, -0.25) is 19.3 Å². The average Bonchev–Trinajstić information content (AvgIpc) is 3.19. The number of imide groups is 1. The number of carbonyl (C=O) groups excluding carboxylic acids is 4. The first-order chi connectivity index (χ1) is 13.0. The number of nitrogens with zero attached hydrogens (tertiary/aromatic N) is 2. The van der Waals surface area contributed by atoms with Crippen LogP contribution in [0.1, 0.15) is 52.8 Å². The topological polar surface area (TPSA) is 84.0 Å². The summed E-state index contributed by atoms with van der Waals surface area (Å²) in [6, 6.07) is 5.90. The molecule has 1 aromatic carbocycles. The summed E-state index contributed by atoms with van der Waals surface area (Å²) in [7, 11) is 1.32. The average molecular weight is 370 g/mol. The minimum absolute atomic E-state index is 0.0227. The molecule has 1 saturated heterocycles. The maximum absolute atomic E-state index is 13.1. The Bertz CT molecular complexity index is 785. The van der Waals surface area contributed by atoms with E-state index in [4.69, 9.17) is 4.74 Å². The molecular weight excluding hydrogens is 348 g/mol. The fraction of sp³-hybridized carbons (Fsp3) is 0.500. The second-order valence-corrected chi connectivity index (χ2v) is 7.43. The summed E-state index contributed by atoms with van der Waals surface area (Å²) in [6.07, 6.45) is 4.51. The molecule has 3 unspecified atom stereocenters. The fourth-order valence-corrected chi connectivity index (χ4v) is 4.76. The van der Waals surface area contributed by atoms with Gasteiger partial charge >= 0.3 is 5.97 Å². The Kier molecular flexibility index (Phi) is 4.45. The van der Waals surface area contributed by atoms with Gasteiger partial charge in [-0.25, -0.2) is 4.79 Å². The van der Waals surface area contributed by atoms with Crippen LogP contribution in [0.5, 0.6) is 0 Å². The van der Waals surface area contributed by atoms with Gasteiger partial charge < -0.3 is 9.64 Å². The Labute approximate surface area is 157 Å². The zero-order valence-corrected chi connectivity index (χ0v) is 15.2. The van der Waals surface area contributed by atoms with Crippen LogP contribution >= 0.6 is 0 Å². The third kappa shape index (κ3) is 2.81. The maximum atomic E-state index is 13.1. The summed E-state index contributed by atoms with van der Waals surface area (Å²) in [5, 5.41) is 0. The number of hydrogen-bond donors (Lipinski definition) is 0. The summed E-state index contributed by atoms with van der Waals surface area (Å²) >= 11 is 0. The standard InChI is InChI=1S/C20H22N2O5/c1-27-20(26)16-10-12-6-2-5-9-15(12)22(16)17(23)11-21-18(24)13-7-3-4-8-14(13)19(21)25/h3-4,7-8,12,15-16H,2,5-6,9-11H2,1H3. The van der Waals surface area contributed by atoms with Gasteiger partial charge in [0.2, 0.25) is 5.91 Å². The molecule has 4 rings (SSSR count). The lowest BCUT2D eigenvalue weighted by atomic mass is 9.85. The van der Waals surface area contributed by atoms with Gasteiger partial charge in [0.05, 0.1) is 18.2 Å². The second-order valence-electron chi connectivity index (χ2n) is 7.43. The minimum Gasteiger partial charge on any atom is -0.467 e. The minimum atomic E-state index is -0.634. The van der Waals surface area contributed by atoms with Crippen LogP contribution in [0.4, 0.5) is 0 Å². The summed E-state index contributed by atoms with van der Waals surface area (Å²) in [5.74, 6) is -1.45. The molecule has 0 N–H and O–H groups in total. The van der Waals surface area contributed by atoms with Crippen LogP contribution in [0.3, 0.4) is 0 Å². The van der Waals surface area contributed by atoms with Crippen LogP contribution in [-0.4, -0.2) is 59.2 Å². The largest absolute Gasteiger partial charge is 0.467 e. The number of fused-ring (bicyclic) bond motifs is 2. The quantitative estimate of drug-likeness (QED) is 0.596. The number of likely N-dealkylation sites (tertiary alicyclic amines) is 1. The van der Waals surface area contributed by atoms with Crippen LogP contribution in [0.2, 0.25) is 0 Å².